The summed E-state index contributed by atoms with van der Waals surface area (Å²) in [6.07, 6.45) is 1.56. The van der Waals surface area contributed by atoms with Gasteiger partial charge in [-0.2, -0.15) is 0 Å². The Morgan fingerprint density at radius 3 is 2.57 bits per heavy atom. The van der Waals surface area contributed by atoms with Crippen LogP contribution in [0.25, 0.3) is 10.9 Å². The van der Waals surface area contributed by atoms with Gasteiger partial charge in [-0.05, 0) is 42.5 Å². The number of anilines is 2. The Bertz CT molecular complexity index is 957. The van der Waals surface area contributed by atoms with Crippen LogP contribution >= 0.6 is 0 Å². The number of halogens is 1. The van der Waals surface area contributed by atoms with Gasteiger partial charge in [-0.3, -0.25) is 0 Å². The molecule has 1 aromatic heterocycles. The normalized spacial score (nSPS) is 11.6. The van der Waals surface area contributed by atoms with Crippen molar-refractivity contribution in [1.82, 2.24) is 9.97 Å². The first-order valence-electron chi connectivity index (χ1n) is 7.00. The summed E-state index contributed by atoms with van der Waals surface area (Å²) in [5.74, 6) is 0.0821. The molecule has 3 aromatic rings. The molecule has 0 aliphatic heterocycles. The Hall–Kier alpha value is -2.54. The van der Waals surface area contributed by atoms with Crippen LogP contribution in [0.2, 0.25) is 0 Å². The molecule has 1 heterocycles. The zero-order chi connectivity index (χ0) is 16.4. The Morgan fingerprint density at radius 1 is 1.13 bits per heavy atom. The molecule has 23 heavy (non-hydrogen) atoms. The quantitative estimate of drug-likeness (QED) is 0.794. The topological polar surface area (TPSA) is 72.0 Å². The molecule has 0 amide bonds. The number of nitrogens with zero attached hydrogens (tertiary/aromatic N) is 2. The third-order valence-corrected chi connectivity index (χ3v) is 5.12. The smallest absolute Gasteiger partial charge is 0.227 e. The highest BCUT2D eigenvalue weighted by Crippen LogP contribution is 2.20. The van der Waals surface area contributed by atoms with Gasteiger partial charge in [0.1, 0.15) is 5.82 Å². The van der Waals surface area contributed by atoms with Crippen LogP contribution in [0.1, 0.15) is 6.92 Å². The van der Waals surface area contributed by atoms with Crippen molar-refractivity contribution in [1.29, 1.82) is 0 Å². The number of hydrogen-bond donors (Lipinski definition) is 1. The van der Waals surface area contributed by atoms with E-state index in [1.807, 2.05) is 0 Å². The molecule has 1 N–H and O–H groups in total. The van der Waals surface area contributed by atoms with Crippen molar-refractivity contribution in [2.75, 3.05) is 11.1 Å². The highest BCUT2D eigenvalue weighted by atomic mass is 32.2. The minimum atomic E-state index is -3.26. The summed E-state index contributed by atoms with van der Waals surface area (Å²) in [6.45, 7) is 1.60. The number of nitrogens with one attached hydrogen (secondary N) is 1. The summed E-state index contributed by atoms with van der Waals surface area (Å²) in [4.78, 5) is 8.75. The third-order valence-electron chi connectivity index (χ3n) is 3.39. The Balaban J connectivity index is 1.93. The van der Waals surface area contributed by atoms with Gasteiger partial charge in [0.15, 0.2) is 9.84 Å². The molecular formula is C16H14FN3O2S. The molecule has 5 nitrogen and oxygen atoms in total. The molecule has 3 rings (SSSR count). The van der Waals surface area contributed by atoms with E-state index in [1.165, 1.54) is 18.2 Å². The van der Waals surface area contributed by atoms with Crippen LogP contribution in [0, 0.1) is 5.82 Å². The average molecular weight is 331 g/mol. The molecule has 0 spiro atoms. The van der Waals surface area contributed by atoms with E-state index in [4.69, 9.17) is 0 Å². The van der Waals surface area contributed by atoms with Crippen molar-refractivity contribution in [3.05, 3.63) is 54.5 Å². The Kier molecular flexibility index (Phi) is 3.96. The maximum atomic E-state index is 12.9. The van der Waals surface area contributed by atoms with Crippen LogP contribution in [0.15, 0.2) is 53.6 Å². The first-order chi connectivity index (χ1) is 11.0. The lowest BCUT2D eigenvalue weighted by Gasteiger charge is -2.07. The molecule has 0 atom stereocenters. The summed E-state index contributed by atoms with van der Waals surface area (Å²) in [5.41, 5.74) is 1.29. The van der Waals surface area contributed by atoms with Crippen LogP contribution in [-0.4, -0.2) is 24.1 Å². The van der Waals surface area contributed by atoms with Gasteiger partial charge >= 0.3 is 0 Å². The van der Waals surface area contributed by atoms with E-state index in [0.717, 1.165) is 0 Å². The maximum Gasteiger partial charge on any atom is 0.227 e. The van der Waals surface area contributed by atoms with Gasteiger partial charge in [0.25, 0.3) is 0 Å². The maximum absolute atomic E-state index is 12.9. The summed E-state index contributed by atoms with van der Waals surface area (Å²) < 4.78 is 36.7. The van der Waals surface area contributed by atoms with E-state index in [0.29, 0.717) is 22.5 Å². The van der Waals surface area contributed by atoms with Gasteiger partial charge in [0.05, 0.1) is 16.2 Å². The second kappa shape index (κ2) is 5.92. The van der Waals surface area contributed by atoms with Gasteiger partial charge in [-0.1, -0.05) is 6.92 Å². The van der Waals surface area contributed by atoms with Gasteiger partial charge in [-0.25, -0.2) is 22.8 Å². The molecule has 0 saturated heterocycles. The lowest BCUT2D eigenvalue weighted by molar-refractivity contribution is 0.597. The van der Waals surface area contributed by atoms with Crippen molar-refractivity contribution in [2.24, 2.45) is 0 Å². The number of hydrogen-bond acceptors (Lipinski definition) is 5. The second-order valence-corrected chi connectivity index (χ2v) is 7.23. The molecule has 0 fully saturated rings. The zero-order valence-electron chi connectivity index (χ0n) is 12.3. The Morgan fingerprint density at radius 2 is 1.87 bits per heavy atom. The Labute approximate surface area is 133 Å². The zero-order valence-corrected chi connectivity index (χ0v) is 13.1. The number of rotatable bonds is 4. The molecule has 7 heteroatoms. The number of fused-ring (bicyclic) bond motifs is 1. The van der Waals surface area contributed by atoms with E-state index in [1.54, 1.807) is 37.4 Å². The van der Waals surface area contributed by atoms with Gasteiger partial charge in [0, 0.05) is 17.3 Å². The van der Waals surface area contributed by atoms with Crippen LogP contribution in [0.5, 0.6) is 0 Å². The molecule has 118 valence electrons. The fourth-order valence-electron chi connectivity index (χ4n) is 2.09. The SMILES string of the molecule is CCS(=O)(=O)c1ccc2nc(Nc3ccc(F)cc3)ncc2c1. The lowest BCUT2D eigenvalue weighted by Crippen LogP contribution is -2.04. The first kappa shape index (κ1) is 15.4. The minimum absolute atomic E-state index is 0.0452. The van der Waals surface area contributed by atoms with E-state index >= 15 is 0 Å². The van der Waals surface area contributed by atoms with Crippen LogP contribution < -0.4 is 5.32 Å². The highest BCUT2D eigenvalue weighted by Gasteiger charge is 2.12. The fourth-order valence-corrected chi connectivity index (χ4v) is 3.01. The third kappa shape index (κ3) is 3.29. The molecule has 0 aliphatic carbocycles. The number of aromatic nitrogens is 2. The van der Waals surface area contributed by atoms with Crippen LogP contribution in [-0.2, 0) is 9.84 Å². The standard InChI is InChI=1S/C16H14FN3O2S/c1-2-23(21,22)14-7-8-15-11(9-14)10-18-16(20-15)19-13-5-3-12(17)4-6-13/h3-10H,2H2,1H3,(H,18,19,20). The average Bonchev–Trinajstić information content (AvgIpc) is 2.56. The summed E-state index contributed by atoms with van der Waals surface area (Å²) >= 11 is 0. The molecule has 0 radical (unpaired) electrons. The van der Waals surface area contributed by atoms with E-state index in [9.17, 15) is 12.8 Å². The molecule has 0 saturated carbocycles. The summed E-state index contributed by atoms with van der Waals surface area (Å²) in [5, 5.41) is 3.61. The molecular weight excluding hydrogens is 317 g/mol. The molecule has 0 aliphatic rings. The summed E-state index contributed by atoms with van der Waals surface area (Å²) in [6, 6.07) is 10.6. The van der Waals surface area contributed by atoms with Crippen molar-refractivity contribution in [3.8, 4) is 0 Å². The van der Waals surface area contributed by atoms with Crippen LogP contribution in [0.3, 0.4) is 0 Å². The van der Waals surface area contributed by atoms with E-state index < -0.39 is 9.84 Å². The molecule has 0 bridgehead atoms. The van der Waals surface area contributed by atoms with E-state index in [-0.39, 0.29) is 16.5 Å². The fraction of sp³-hybridized carbons (Fsp3) is 0.125. The van der Waals surface area contributed by atoms with Crippen LogP contribution in [0.4, 0.5) is 16.0 Å². The largest absolute Gasteiger partial charge is 0.324 e. The summed E-state index contributed by atoms with van der Waals surface area (Å²) in [7, 11) is -3.26. The van der Waals surface area contributed by atoms with Gasteiger partial charge in [-0.15, -0.1) is 0 Å². The molecule has 2 aromatic carbocycles. The predicted octanol–water partition coefficient (Wildman–Crippen LogP) is 3.31. The minimum Gasteiger partial charge on any atom is -0.324 e. The number of sulfone groups is 1. The van der Waals surface area contributed by atoms with Crippen molar-refractivity contribution in [2.45, 2.75) is 11.8 Å². The second-order valence-electron chi connectivity index (χ2n) is 4.95. The highest BCUT2D eigenvalue weighted by molar-refractivity contribution is 7.91. The monoisotopic (exact) mass is 331 g/mol. The number of benzene rings is 2. The van der Waals surface area contributed by atoms with Crippen molar-refractivity contribution >= 4 is 32.4 Å². The van der Waals surface area contributed by atoms with E-state index in [2.05, 4.69) is 15.3 Å². The van der Waals surface area contributed by atoms with Gasteiger partial charge < -0.3 is 5.32 Å². The predicted molar refractivity (Wildman–Crippen MR) is 86.9 cm³/mol. The molecule has 0 unspecified atom stereocenters. The van der Waals surface area contributed by atoms with Crippen molar-refractivity contribution in [3.63, 3.8) is 0 Å². The van der Waals surface area contributed by atoms with Gasteiger partial charge in [0.2, 0.25) is 5.95 Å². The lowest BCUT2D eigenvalue weighted by atomic mass is 10.2. The first-order valence-corrected chi connectivity index (χ1v) is 8.65. The van der Waals surface area contributed by atoms with Crippen molar-refractivity contribution < 1.29 is 12.8 Å².